The average Bonchev–Trinajstić information content (AvgIpc) is 2.46. The molecule has 5 rings (SSSR count). The third-order valence-electron chi connectivity index (χ3n) is 6.41. The van der Waals surface area contributed by atoms with E-state index in [1.807, 2.05) is 0 Å². The maximum absolute atomic E-state index is 13.1. The number of piperidine rings is 1. The SMILES string of the molecule is O=C(O)N1CCC(N[S+]([O-])C23CC4CC(CC(C4)C2)C3)CC1. The Hall–Kier alpha value is -0.460. The number of nitrogens with zero attached hydrogens (tertiary/aromatic N) is 1. The quantitative estimate of drug-likeness (QED) is 0.781. The van der Waals surface area contributed by atoms with Crippen molar-refractivity contribution in [2.75, 3.05) is 13.1 Å². The number of hydrogen-bond donors (Lipinski definition) is 2. The Morgan fingerprint density at radius 3 is 2.05 bits per heavy atom. The number of carbonyl (C=O) groups is 1. The van der Waals surface area contributed by atoms with Gasteiger partial charge in [0, 0.05) is 43.7 Å². The second-order valence-corrected chi connectivity index (χ2v) is 9.67. The molecule has 4 aliphatic carbocycles. The van der Waals surface area contributed by atoms with Crippen molar-refractivity contribution < 1.29 is 14.5 Å². The van der Waals surface area contributed by atoms with Crippen LogP contribution >= 0.6 is 0 Å². The van der Waals surface area contributed by atoms with Gasteiger partial charge in [-0.3, -0.25) is 0 Å². The topological polar surface area (TPSA) is 75.6 Å². The molecule has 1 amide bonds. The molecule has 5 nitrogen and oxygen atoms in total. The smallest absolute Gasteiger partial charge is 0.407 e. The van der Waals surface area contributed by atoms with Gasteiger partial charge in [0.1, 0.15) is 4.75 Å². The van der Waals surface area contributed by atoms with E-state index in [1.165, 1.54) is 24.2 Å². The minimum absolute atomic E-state index is 0.0265. The monoisotopic (exact) mass is 326 g/mol. The molecular formula is C16H26N2O3S. The molecule has 2 N–H and O–H groups in total. The Morgan fingerprint density at radius 2 is 1.59 bits per heavy atom. The van der Waals surface area contributed by atoms with E-state index in [0.717, 1.165) is 49.9 Å². The summed E-state index contributed by atoms with van der Waals surface area (Å²) in [5.41, 5.74) is 0. The Labute approximate surface area is 135 Å². The number of hydrogen-bond acceptors (Lipinski definition) is 3. The molecule has 1 saturated heterocycles. The Bertz CT molecular complexity index is 415. The highest BCUT2D eigenvalue weighted by Gasteiger charge is 2.58. The summed E-state index contributed by atoms with van der Waals surface area (Å²) in [6, 6.07) is 0.212. The van der Waals surface area contributed by atoms with E-state index in [2.05, 4.69) is 4.72 Å². The molecule has 22 heavy (non-hydrogen) atoms. The fraction of sp³-hybridized carbons (Fsp3) is 0.938. The van der Waals surface area contributed by atoms with Gasteiger partial charge in [0.2, 0.25) is 0 Å². The molecule has 0 aromatic heterocycles. The van der Waals surface area contributed by atoms with Crippen LogP contribution in [-0.2, 0) is 11.4 Å². The normalized spacial score (nSPS) is 42.6. The number of likely N-dealkylation sites (tertiary alicyclic amines) is 1. The van der Waals surface area contributed by atoms with Gasteiger partial charge in [0.25, 0.3) is 0 Å². The van der Waals surface area contributed by atoms with E-state index < -0.39 is 17.5 Å². The van der Waals surface area contributed by atoms with E-state index >= 15 is 0 Å². The minimum Gasteiger partial charge on any atom is -0.598 e. The minimum atomic E-state index is -0.960. The predicted molar refractivity (Wildman–Crippen MR) is 84.8 cm³/mol. The van der Waals surface area contributed by atoms with Gasteiger partial charge in [0.05, 0.1) is 6.04 Å². The summed E-state index contributed by atoms with van der Waals surface area (Å²) in [5.74, 6) is 2.43. The summed E-state index contributed by atoms with van der Waals surface area (Å²) in [6.45, 7) is 1.12. The number of carboxylic acid groups (broad SMARTS) is 1. The van der Waals surface area contributed by atoms with Crippen molar-refractivity contribution >= 4 is 17.5 Å². The first kappa shape index (κ1) is 15.1. The molecule has 1 unspecified atom stereocenters. The van der Waals surface area contributed by atoms with Crippen LogP contribution in [0.3, 0.4) is 0 Å². The van der Waals surface area contributed by atoms with Crippen LogP contribution in [0.15, 0.2) is 0 Å². The molecule has 124 valence electrons. The van der Waals surface area contributed by atoms with Crippen LogP contribution in [0.5, 0.6) is 0 Å². The summed E-state index contributed by atoms with van der Waals surface area (Å²) in [6.07, 6.45) is 8.27. The zero-order chi connectivity index (χ0) is 15.3. The largest absolute Gasteiger partial charge is 0.598 e. The molecule has 5 fully saturated rings. The van der Waals surface area contributed by atoms with Gasteiger partial charge in [-0.1, -0.05) is 0 Å². The fourth-order valence-electron chi connectivity index (χ4n) is 5.72. The van der Waals surface area contributed by atoms with E-state index in [-0.39, 0.29) is 10.8 Å². The highest BCUT2D eigenvalue weighted by Crippen LogP contribution is 2.58. The van der Waals surface area contributed by atoms with E-state index in [9.17, 15) is 9.35 Å². The molecule has 0 aromatic rings. The van der Waals surface area contributed by atoms with Crippen LogP contribution in [0.4, 0.5) is 4.79 Å². The molecule has 4 saturated carbocycles. The summed E-state index contributed by atoms with van der Waals surface area (Å²) >= 11 is -0.960. The Kier molecular flexibility index (Phi) is 3.82. The van der Waals surface area contributed by atoms with Crippen LogP contribution in [0, 0.1) is 17.8 Å². The van der Waals surface area contributed by atoms with Gasteiger partial charge in [-0.25, -0.2) is 4.79 Å². The molecule has 1 aliphatic heterocycles. The maximum Gasteiger partial charge on any atom is 0.407 e. The zero-order valence-electron chi connectivity index (χ0n) is 13.0. The van der Waals surface area contributed by atoms with Gasteiger partial charge in [-0.05, 0) is 49.9 Å². The Morgan fingerprint density at radius 1 is 1.09 bits per heavy atom. The molecule has 6 heteroatoms. The van der Waals surface area contributed by atoms with E-state index in [4.69, 9.17) is 5.11 Å². The van der Waals surface area contributed by atoms with Crippen LogP contribution in [-0.4, -0.2) is 44.5 Å². The molecule has 0 aromatic carbocycles. The first-order chi connectivity index (χ1) is 10.5. The molecule has 1 heterocycles. The molecule has 0 radical (unpaired) electrons. The first-order valence-corrected chi connectivity index (χ1v) is 9.85. The second kappa shape index (κ2) is 5.56. The third kappa shape index (κ3) is 2.63. The Balaban J connectivity index is 1.37. The van der Waals surface area contributed by atoms with Crippen molar-refractivity contribution in [1.29, 1.82) is 0 Å². The zero-order valence-corrected chi connectivity index (χ0v) is 13.8. The number of nitrogens with one attached hydrogen (secondary N) is 1. The second-order valence-electron chi connectivity index (χ2n) is 8.03. The lowest BCUT2D eigenvalue weighted by atomic mass is 9.56. The summed E-state index contributed by atoms with van der Waals surface area (Å²) in [7, 11) is 0. The van der Waals surface area contributed by atoms with Gasteiger partial charge in [-0.15, -0.1) is 4.72 Å². The summed E-state index contributed by atoms with van der Waals surface area (Å²) in [5, 5.41) is 9.01. The molecule has 1 atom stereocenters. The number of amides is 1. The molecule has 0 spiro atoms. The maximum atomic E-state index is 13.1. The van der Waals surface area contributed by atoms with E-state index in [1.54, 1.807) is 0 Å². The third-order valence-corrected chi connectivity index (χ3v) is 8.25. The van der Waals surface area contributed by atoms with E-state index in [0.29, 0.717) is 13.1 Å². The van der Waals surface area contributed by atoms with Crippen LogP contribution < -0.4 is 4.72 Å². The fourth-order valence-corrected chi connectivity index (χ4v) is 7.67. The van der Waals surface area contributed by atoms with Crippen LogP contribution in [0.1, 0.15) is 51.4 Å². The van der Waals surface area contributed by atoms with Gasteiger partial charge >= 0.3 is 6.09 Å². The highest BCUT2D eigenvalue weighted by molar-refractivity contribution is 7.90. The predicted octanol–water partition coefficient (Wildman–Crippen LogP) is 2.35. The van der Waals surface area contributed by atoms with Crippen molar-refractivity contribution in [3.05, 3.63) is 0 Å². The van der Waals surface area contributed by atoms with Gasteiger partial charge in [-0.2, -0.15) is 0 Å². The lowest BCUT2D eigenvalue weighted by molar-refractivity contribution is 0.0330. The molecule has 4 bridgehead atoms. The average molecular weight is 326 g/mol. The van der Waals surface area contributed by atoms with Crippen LogP contribution in [0.25, 0.3) is 0 Å². The van der Waals surface area contributed by atoms with Crippen molar-refractivity contribution in [2.24, 2.45) is 17.8 Å². The van der Waals surface area contributed by atoms with Gasteiger partial charge in [0.15, 0.2) is 0 Å². The van der Waals surface area contributed by atoms with Crippen molar-refractivity contribution in [3.8, 4) is 0 Å². The lowest BCUT2D eigenvalue weighted by Crippen LogP contribution is -2.60. The summed E-state index contributed by atoms with van der Waals surface area (Å²) in [4.78, 5) is 12.4. The lowest BCUT2D eigenvalue weighted by Gasteiger charge is -2.55. The van der Waals surface area contributed by atoms with Gasteiger partial charge < -0.3 is 14.6 Å². The highest BCUT2D eigenvalue weighted by atomic mass is 32.2. The first-order valence-electron chi connectivity index (χ1n) is 8.70. The van der Waals surface area contributed by atoms with Crippen LogP contribution in [0.2, 0.25) is 0 Å². The molecular weight excluding hydrogens is 300 g/mol. The number of rotatable bonds is 3. The molecule has 5 aliphatic rings. The van der Waals surface area contributed by atoms with Crippen molar-refractivity contribution in [2.45, 2.75) is 62.2 Å². The summed E-state index contributed by atoms with van der Waals surface area (Å²) < 4.78 is 16.5. The van der Waals surface area contributed by atoms with Crippen molar-refractivity contribution in [3.63, 3.8) is 0 Å². The standard InChI is InChI=1S/C16H26N2O3S/c19-15(20)18-3-1-14(2-4-18)17-22(21)16-8-11-5-12(9-16)7-13(6-11)10-16/h11-14,17H,1-10H2,(H,19,20). The van der Waals surface area contributed by atoms with Crippen molar-refractivity contribution in [1.82, 2.24) is 9.62 Å².